The Morgan fingerprint density at radius 1 is 1.23 bits per heavy atom. The highest BCUT2D eigenvalue weighted by Gasteiger charge is 2.18. The monoisotopic (exact) mass is 421 g/mol. The molecule has 0 unspecified atom stereocenters. The van der Waals surface area contributed by atoms with Crippen LogP contribution in [0.3, 0.4) is 0 Å². The maximum Gasteiger partial charge on any atom is 0.238 e. The maximum atomic E-state index is 12.4. The predicted octanol–water partition coefficient (Wildman–Crippen LogP) is 3.66. The van der Waals surface area contributed by atoms with Gasteiger partial charge in [-0.15, -0.1) is 11.8 Å². The predicted molar refractivity (Wildman–Crippen MR) is 120 cm³/mol. The summed E-state index contributed by atoms with van der Waals surface area (Å²) in [6.07, 6.45) is 1.95. The summed E-state index contributed by atoms with van der Waals surface area (Å²) >= 11 is 1.55. The van der Waals surface area contributed by atoms with Gasteiger partial charge in [0.15, 0.2) is 5.82 Å². The number of carbonyl (C=O) groups excluding carboxylic acids is 1. The molecule has 7 nitrogen and oxygen atoms in total. The molecular formula is C22H23N5O2S. The standard InChI is InChI=1S/C22H23N5O2S/c1-26(14-21(29)24-17-9-5-7-11-20(17)30-3)13-19(28)15(12-23)22-25-16-8-4-6-10-18(16)27(22)2/h4-11,28H,13-14H2,1-3H3,(H,24,29)/b19-15-. The molecule has 0 spiro atoms. The van der Waals surface area contributed by atoms with E-state index >= 15 is 0 Å². The van der Waals surface area contributed by atoms with Gasteiger partial charge in [-0.05, 0) is 37.6 Å². The SMILES string of the molecule is CSc1ccccc1NC(=O)CN(C)C/C(O)=C(\C#N)c1nc2ccccc2n1C. The molecule has 1 aromatic heterocycles. The van der Waals surface area contributed by atoms with Gasteiger partial charge in [-0.3, -0.25) is 9.69 Å². The number of nitriles is 1. The zero-order chi connectivity index (χ0) is 21.7. The third-order valence-electron chi connectivity index (χ3n) is 4.63. The van der Waals surface area contributed by atoms with Gasteiger partial charge in [0.1, 0.15) is 17.4 Å². The molecule has 8 heteroatoms. The van der Waals surface area contributed by atoms with Crippen LogP contribution in [0.25, 0.3) is 16.6 Å². The van der Waals surface area contributed by atoms with Crippen molar-refractivity contribution in [1.29, 1.82) is 5.26 Å². The first-order valence-corrected chi connectivity index (χ1v) is 10.5. The number of aliphatic hydroxyl groups excluding tert-OH is 1. The maximum absolute atomic E-state index is 12.4. The van der Waals surface area contributed by atoms with Crippen molar-refractivity contribution in [1.82, 2.24) is 14.5 Å². The number of benzene rings is 2. The molecule has 0 aliphatic heterocycles. The number of hydrogen-bond acceptors (Lipinski definition) is 6. The number of aryl methyl sites for hydroxylation is 1. The Labute approximate surface area is 179 Å². The lowest BCUT2D eigenvalue weighted by Crippen LogP contribution is -2.32. The van der Waals surface area contributed by atoms with Crippen LogP contribution in [0, 0.1) is 11.3 Å². The lowest BCUT2D eigenvalue weighted by atomic mass is 10.2. The van der Waals surface area contributed by atoms with Crippen molar-refractivity contribution in [2.75, 3.05) is 31.7 Å². The number of para-hydroxylation sites is 3. The minimum absolute atomic E-state index is 0.0453. The molecule has 0 aliphatic carbocycles. The number of nitrogens with one attached hydrogen (secondary N) is 1. The van der Waals surface area contributed by atoms with Gasteiger partial charge in [0.2, 0.25) is 5.91 Å². The van der Waals surface area contributed by atoms with Crippen LogP contribution in [-0.4, -0.2) is 51.9 Å². The zero-order valence-corrected chi connectivity index (χ0v) is 17.9. The van der Waals surface area contributed by atoms with Gasteiger partial charge in [-0.2, -0.15) is 5.26 Å². The van der Waals surface area contributed by atoms with E-state index in [-0.39, 0.29) is 30.3 Å². The summed E-state index contributed by atoms with van der Waals surface area (Å²) in [5.41, 5.74) is 2.46. The average molecular weight is 422 g/mol. The molecule has 2 aromatic carbocycles. The number of likely N-dealkylation sites (N-methyl/N-ethyl adjacent to an activating group) is 1. The number of amides is 1. The van der Waals surface area contributed by atoms with Gasteiger partial charge >= 0.3 is 0 Å². The molecule has 3 rings (SSSR count). The first-order chi connectivity index (χ1) is 14.4. The number of thioether (sulfide) groups is 1. The van der Waals surface area contributed by atoms with Gasteiger partial charge < -0.3 is 15.0 Å². The second kappa shape index (κ2) is 9.48. The Bertz CT molecular complexity index is 1150. The van der Waals surface area contributed by atoms with Crippen LogP contribution >= 0.6 is 11.8 Å². The van der Waals surface area contributed by atoms with Crippen molar-refractivity contribution in [3.05, 3.63) is 60.1 Å². The molecule has 0 saturated heterocycles. The zero-order valence-electron chi connectivity index (χ0n) is 17.1. The van der Waals surface area contributed by atoms with Crippen LogP contribution in [0.4, 0.5) is 5.69 Å². The van der Waals surface area contributed by atoms with E-state index in [2.05, 4.69) is 10.3 Å². The number of rotatable bonds is 7. The second-order valence-corrected chi connectivity index (χ2v) is 7.69. The molecule has 1 heterocycles. The third kappa shape index (κ3) is 4.64. The van der Waals surface area contributed by atoms with Gasteiger partial charge in [0.25, 0.3) is 0 Å². The molecular weight excluding hydrogens is 398 g/mol. The van der Waals surface area contributed by atoms with Crippen molar-refractivity contribution in [3.8, 4) is 6.07 Å². The number of fused-ring (bicyclic) bond motifs is 1. The molecule has 0 bridgehead atoms. The van der Waals surface area contributed by atoms with Crippen molar-refractivity contribution in [3.63, 3.8) is 0 Å². The van der Waals surface area contributed by atoms with Crippen molar-refractivity contribution < 1.29 is 9.90 Å². The Morgan fingerprint density at radius 2 is 1.93 bits per heavy atom. The summed E-state index contributed by atoms with van der Waals surface area (Å²) in [7, 11) is 3.51. The van der Waals surface area contributed by atoms with Crippen molar-refractivity contribution in [2.24, 2.45) is 7.05 Å². The molecule has 0 radical (unpaired) electrons. The topological polar surface area (TPSA) is 94.2 Å². The quantitative estimate of drug-likeness (QED) is 0.344. The number of allylic oxidation sites excluding steroid dienone is 1. The minimum Gasteiger partial charge on any atom is -0.509 e. The van der Waals surface area contributed by atoms with Crippen LogP contribution in [0.1, 0.15) is 5.82 Å². The van der Waals surface area contributed by atoms with Crippen LogP contribution in [-0.2, 0) is 11.8 Å². The van der Waals surface area contributed by atoms with Crippen LogP contribution in [0.15, 0.2) is 59.2 Å². The van der Waals surface area contributed by atoms with Gasteiger partial charge in [0, 0.05) is 11.9 Å². The fourth-order valence-corrected chi connectivity index (χ4v) is 3.74. The number of carbonyl (C=O) groups is 1. The van der Waals surface area contributed by atoms with E-state index in [9.17, 15) is 15.2 Å². The van der Waals surface area contributed by atoms with Gasteiger partial charge in [0.05, 0.1) is 29.8 Å². The summed E-state index contributed by atoms with van der Waals surface area (Å²) in [5, 5.41) is 23.1. The minimum atomic E-state index is -0.201. The van der Waals surface area contributed by atoms with E-state index < -0.39 is 0 Å². The molecule has 154 valence electrons. The Balaban J connectivity index is 1.73. The Kier molecular flexibility index (Phi) is 6.77. The van der Waals surface area contributed by atoms with E-state index in [0.29, 0.717) is 5.82 Å². The summed E-state index contributed by atoms with van der Waals surface area (Å²) in [6, 6.07) is 17.1. The highest BCUT2D eigenvalue weighted by molar-refractivity contribution is 7.98. The van der Waals surface area contributed by atoms with Crippen LogP contribution < -0.4 is 5.32 Å². The number of anilines is 1. The number of nitrogens with zero attached hydrogens (tertiary/aromatic N) is 4. The van der Waals surface area contributed by atoms with E-state index in [1.165, 1.54) is 0 Å². The van der Waals surface area contributed by atoms with E-state index in [4.69, 9.17) is 0 Å². The van der Waals surface area contributed by atoms with Crippen LogP contribution in [0.2, 0.25) is 0 Å². The molecule has 0 aliphatic rings. The number of hydrogen-bond donors (Lipinski definition) is 2. The first kappa shape index (κ1) is 21.4. The molecule has 1 amide bonds. The molecule has 30 heavy (non-hydrogen) atoms. The van der Waals surface area contributed by atoms with Gasteiger partial charge in [-0.25, -0.2) is 4.98 Å². The number of imidazole rings is 1. The largest absolute Gasteiger partial charge is 0.509 e. The lowest BCUT2D eigenvalue weighted by molar-refractivity contribution is -0.117. The molecule has 0 fully saturated rings. The van der Waals surface area contributed by atoms with Crippen LogP contribution in [0.5, 0.6) is 0 Å². The summed E-state index contributed by atoms with van der Waals surface area (Å²) < 4.78 is 1.77. The first-order valence-electron chi connectivity index (χ1n) is 9.30. The molecule has 2 N–H and O–H groups in total. The van der Waals surface area contributed by atoms with Crippen molar-refractivity contribution in [2.45, 2.75) is 4.90 Å². The highest BCUT2D eigenvalue weighted by atomic mass is 32.2. The van der Waals surface area contributed by atoms with E-state index in [1.807, 2.05) is 60.9 Å². The smallest absolute Gasteiger partial charge is 0.238 e. The fraction of sp³-hybridized carbons (Fsp3) is 0.227. The lowest BCUT2D eigenvalue weighted by Gasteiger charge is -2.17. The Morgan fingerprint density at radius 3 is 2.63 bits per heavy atom. The Hall–Kier alpha value is -3.28. The number of aromatic nitrogens is 2. The summed E-state index contributed by atoms with van der Waals surface area (Å²) in [4.78, 5) is 19.5. The van der Waals surface area contributed by atoms with E-state index in [0.717, 1.165) is 21.6 Å². The molecule has 0 saturated carbocycles. The van der Waals surface area contributed by atoms with Gasteiger partial charge in [-0.1, -0.05) is 24.3 Å². The summed E-state index contributed by atoms with van der Waals surface area (Å²) in [5.74, 6) is 0.0618. The fourth-order valence-electron chi connectivity index (χ4n) is 3.19. The summed E-state index contributed by atoms with van der Waals surface area (Å²) in [6.45, 7) is 0.109. The highest BCUT2D eigenvalue weighted by Crippen LogP contribution is 2.25. The third-order valence-corrected chi connectivity index (χ3v) is 5.42. The van der Waals surface area contributed by atoms with Crippen molar-refractivity contribution >= 4 is 40.0 Å². The second-order valence-electron chi connectivity index (χ2n) is 6.84. The number of aliphatic hydroxyl groups is 1. The average Bonchev–Trinajstić information content (AvgIpc) is 3.05. The van der Waals surface area contributed by atoms with E-state index in [1.54, 1.807) is 35.3 Å². The normalized spacial score (nSPS) is 12.0. The molecule has 0 atom stereocenters. The molecule has 3 aromatic rings.